The Bertz CT molecular complexity index is 1000. The Kier molecular flexibility index (Phi) is 2.69. The van der Waals surface area contributed by atoms with Gasteiger partial charge in [-0.1, -0.05) is 29.8 Å². The summed E-state index contributed by atoms with van der Waals surface area (Å²) in [7, 11) is 0. The average Bonchev–Trinajstić information content (AvgIpc) is 2.92. The van der Waals surface area contributed by atoms with Gasteiger partial charge in [0.15, 0.2) is 5.82 Å². The first kappa shape index (κ1) is 12.9. The van der Waals surface area contributed by atoms with E-state index >= 15 is 0 Å². The van der Waals surface area contributed by atoms with Gasteiger partial charge >= 0.3 is 0 Å². The van der Waals surface area contributed by atoms with Crippen LogP contribution in [0.5, 0.6) is 0 Å². The Balaban J connectivity index is 2.04. The predicted molar refractivity (Wildman–Crippen MR) is 81.5 cm³/mol. The summed E-state index contributed by atoms with van der Waals surface area (Å²) < 4.78 is 27.3. The molecule has 0 bridgehead atoms. The van der Waals surface area contributed by atoms with Crippen molar-refractivity contribution in [2.45, 2.75) is 6.92 Å². The van der Waals surface area contributed by atoms with E-state index in [0.717, 1.165) is 22.6 Å². The van der Waals surface area contributed by atoms with Crippen molar-refractivity contribution in [1.29, 1.82) is 0 Å². The summed E-state index contributed by atoms with van der Waals surface area (Å²) in [5.41, 5.74) is 3.51. The van der Waals surface area contributed by atoms with Crippen molar-refractivity contribution in [3.63, 3.8) is 0 Å². The van der Waals surface area contributed by atoms with Gasteiger partial charge in [-0.3, -0.25) is 10.1 Å². The number of hydrogen-bond donors (Lipinski definition) is 1. The maximum atomic E-state index is 13.8. The highest BCUT2D eigenvalue weighted by Gasteiger charge is 2.14. The molecule has 108 valence electrons. The van der Waals surface area contributed by atoms with Crippen molar-refractivity contribution in [2.75, 3.05) is 0 Å². The number of aryl methyl sites for hydroxylation is 1. The van der Waals surface area contributed by atoms with E-state index in [1.807, 2.05) is 31.2 Å². The molecule has 5 heteroatoms. The highest BCUT2D eigenvalue weighted by molar-refractivity contribution is 6.07. The Hall–Kier alpha value is -2.82. The van der Waals surface area contributed by atoms with Gasteiger partial charge in [0.05, 0.1) is 5.52 Å². The number of aromatic amines is 1. The van der Waals surface area contributed by atoms with Gasteiger partial charge in [0.2, 0.25) is 0 Å². The second-order valence-electron chi connectivity index (χ2n) is 5.27. The van der Waals surface area contributed by atoms with Crippen LogP contribution in [-0.2, 0) is 0 Å². The van der Waals surface area contributed by atoms with E-state index < -0.39 is 11.6 Å². The molecule has 0 fully saturated rings. The minimum Gasteiger partial charge on any atom is -0.276 e. The molecule has 0 amide bonds. The molecule has 3 nitrogen and oxygen atoms in total. The number of hydrogen-bond acceptors (Lipinski definition) is 2. The summed E-state index contributed by atoms with van der Waals surface area (Å²) in [5, 5.41) is 8.30. The number of halogens is 2. The lowest BCUT2D eigenvalue weighted by Gasteiger charge is -2.02. The fraction of sp³-hybridized carbons (Fsp3) is 0.0588. The zero-order valence-electron chi connectivity index (χ0n) is 11.7. The summed E-state index contributed by atoms with van der Waals surface area (Å²) in [6, 6.07) is 10.00. The average molecular weight is 295 g/mol. The van der Waals surface area contributed by atoms with Gasteiger partial charge < -0.3 is 0 Å². The fourth-order valence-corrected chi connectivity index (χ4v) is 2.63. The third-order valence-corrected chi connectivity index (χ3v) is 3.75. The van der Waals surface area contributed by atoms with Crippen LogP contribution < -0.4 is 0 Å². The second kappa shape index (κ2) is 4.59. The number of nitrogens with one attached hydrogen (secondary N) is 1. The van der Waals surface area contributed by atoms with Gasteiger partial charge in [0, 0.05) is 28.6 Å². The van der Waals surface area contributed by atoms with Gasteiger partial charge in [-0.15, -0.1) is 0 Å². The van der Waals surface area contributed by atoms with Crippen LogP contribution in [0.2, 0.25) is 0 Å². The number of benzene rings is 2. The molecule has 0 radical (unpaired) electrons. The molecule has 4 aromatic rings. The molecule has 0 aliphatic heterocycles. The van der Waals surface area contributed by atoms with Crippen molar-refractivity contribution < 1.29 is 8.78 Å². The van der Waals surface area contributed by atoms with E-state index in [9.17, 15) is 8.78 Å². The van der Waals surface area contributed by atoms with Crippen LogP contribution in [0.3, 0.4) is 0 Å². The molecule has 0 aliphatic carbocycles. The highest BCUT2D eigenvalue weighted by Crippen LogP contribution is 2.31. The van der Waals surface area contributed by atoms with E-state index in [0.29, 0.717) is 16.6 Å². The zero-order chi connectivity index (χ0) is 15.3. The number of aromatic nitrogens is 3. The minimum absolute atomic E-state index is 0.132. The smallest absolute Gasteiger partial charge is 0.152 e. The molecular formula is C17H11F2N3. The third-order valence-electron chi connectivity index (χ3n) is 3.75. The summed E-state index contributed by atoms with van der Waals surface area (Å²) in [6.07, 6.45) is 1.57. The lowest BCUT2D eigenvalue weighted by Crippen LogP contribution is -1.88. The predicted octanol–water partition coefficient (Wildman–Crippen LogP) is 4.36. The maximum Gasteiger partial charge on any atom is 0.152 e. The number of nitrogens with zero attached hydrogens (tertiary/aromatic N) is 2. The Morgan fingerprint density at radius 3 is 2.55 bits per heavy atom. The molecule has 4 rings (SSSR count). The first-order valence-corrected chi connectivity index (χ1v) is 6.82. The Labute approximate surface area is 124 Å². The number of H-pyrrole nitrogens is 1. The van der Waals surface area contributed by atoms with Gasteiger partial charge in [-0.2, -0.15) is 5.10 Å². The van der Waals surface area contributed by atoms with Crippen molar-refractivity contribution >= 4 is 21.8 Å². The SMILES string of the molecule is Cc1ccc(-c2n[nH]c3c2cnc2c(F)cc(F)cc23)cc1. The molecule has 0 aliphatic rings. The Morgan fingerprint density at radius 1 is 1.00 bits per heavy atom. The lowest BCUT2D eigenvalue weighted by atomic mass is 10.1. The minimum atomic E-state index is -0.677. The van der Waals surface area contributed by atoms with Crippen LogP contribution >= 0.6 is 0 Å². The van der Waals surface area contributed by atoms with E-state index in [2.05, 4.69) is 15.2 Å². The molecule has 0 saturated carbocycles. The molecule has 2 heterocycles. The van der Waals surface area contributed by atoms with Crippen LogP contribution in [0.1, 0.15) is 5.56 Å². The zero-order valence-corrected chi connectivity index (χ0v) is 11.7. The third kappa shape index (κ3) is 1.86. The standard InChI is InChI=1S/C17H11F2N3/c1-9-2-4-10(5-3-9)15-13-8-20-17-12(16(13)22-21-15)6-11(18)7-14(17)19/h2-8H,1H3,(H,21,22). The molecule has 2 aromatic heterocycles. The van der Waals surface area contributed by atoms with Gasteiger partial charge in [-0.25, -0.2) is 8.78 Å². The van der Waals surface area contributed by atoms with Gasteiger partial charge in [0.1, 0.15) is 17.0 Å². The molecule has 1 N–H and O–H groups in total. The van der Waals surface area contributed by atoms with Crippen LogP contribution in [0.15, 0.2) is 42.6 Å². The number of pyridine rings is 1. The largest absolute Gasteiger partial charge is 0.276 e. The van der Waals surface area contributed by atoms with Crippen LogP contribution in [0.4, 0.5) is 8.78 Å². The molecule has 22 heavy (non-hydrogen) atoms. The second-order valence-corrected chi connectivity index (χ2v) is 5.27. The molecule has 0 spiro atoms. The lowest BCUT2D eigenvalue weighted by molar-refractivity contribution is 0.590. The first-order valence-electron chi connectivity index (χ1n) is 6.82. The Morgan fingerprint density at radius 2 is 1.77 bits per heavy atom. The molecule has 0 unspecified atom stereocenters. The van der Waals surface area contributed by atoms with Gasteiger partial charge in [-0.05, 0) is 13.0 Å². The topological polar surface area (TPSA) is 41.6 Å². The van der Waals surface area contributed by atoms with Crippen molar-refractivity contribution in [3.8, 4) is 11.3 Å². The summed E-state index contributed by atoms with van der Waals surface area (Å²) >= 11 is 0. The molecule has 2 aromatic carbocycles. The summed E-state index contributed by atoms with van der Waals surface area (Å²) in [5.74, 6) is -1.31. The van der Waals surface area contributed by atoms with E-state index in [-0.39, 0.29) is 5.52 Å². The highest BCUT2D eigenvalue weighted by atomic mass is 19.1. The molecular weight excluding hydrogens is 284 g/mol. The van der Waals surface area contributed by atoms with Crippen LogP contribution in [0.25, 0.3) is 33.1 Å². The van der Waals surface area contributed by atoms with E-state index in [1.165, 1.54) is 6.07 Å². The maximum absolute atomic E-state index is 13.8. The monoisotopic (exact) mass is 295 g/mol. The normalized spacial score (nSPS) is 11.4. The number of rotatable bonds is 1. The quantitative estimate of drug-likeness (QED) is 0.566. The van der Waals surface area contributed by atoms with Gasteiger partial charge in [0.25, 0.3) is 0 Å². The van der Waals surface area contributed by atoms with E-state index in [4.69, 9.17) is 0 Å². The van der Waals surface area contributed by atoms with E-state index in [1.54, 1.807) is 6.20 Å². The van der Waals surface area contributed by atoms with Crippen molar-refractivity contribution in [2.24, 2.45) is 0 Å². The number of fused-ring (bicyclic) bond motifs is 3. The van der Waals surface area contributed by atoms with Crippen LogP contribution in [0, 0.1) is 18.6 Å². The fourth-order valence-electron chi connectivity index (χ4n) is 2.63. The first-order chi connectivity index (χ1) is 10.6. The van der Waals surface area contributed by atoms with Crippen molar-refractivity contribution in [3.05, 3.63) is 59.8 Å². The van der Waals surface area contributed by atoms with Crippen molar-refractivity contribution in [1.82, 2.24) is 15.2 Å². The summed E-state index contributed by atoms with van der Waals surface area (Å²) in [4.78, 5) is 4.12. The molecule has 0 saturated heterocycles. The summed E-state index contributed by atoms with van der Waals surface area (Å²) in [6.45, 7) is 2.01. The molecule has 0 atom stereocenters. The van der Waals surface area contributed by atoms with Crippen LogP contribution in [-0.4, -0.2) is 15.2 Å².